The lowest BCUT2D eigenvalue weighted by Crippen LogP contribution is -2.59. The minimum Gasteiger partial charge on any atom is -0.351 e. The van der Waals surface area contributed by atoms with E-state index in [2.05, 4.69) is 21.0 Å². The van der Waals surface area contributed by atoms with Gasteiger partial charge in [-0.05, 0) is 31.2 Å². The van der Waals surface area contributed by atoms with Gasteiger partial charge in [-0.1, -0.05) is 13.3 Å². The number of aryl methyl sites for hydroxylation is 2. The number of carbonyl (C=O) groups excluding carboxylic acids is 4. The van der Waals surface area contributed by atoms with Crippen LogP contribution in [-0.2, 0) is 23.1 Å². The smallest absolute Gasteiger partial charge is 0.322 e. The average Bonchev–Trinajstić information content (AvgIpc) is 3.30. The Morgan fingerprint density at radius 2 is 2.07 bits per heavy atom. The van der Waals surface area contributed by atoms with Gasteiger partial charge in [0.15, 0.2) is 0 Å². The molecule has 0 spiro atoms. The van der Waals surface area contributed by atoms with E-state index in [0.29, 0.717) is 24.7 Å². The summed E-state index contributed by atoms with van der Waals surface area (Å²) in [5.41, 5.74) is 1.48. The number of rotatable bonds is 4. The maximum Gasteiger partial charge on any atom is 0.322 e. The molecule has 0 radical (unpaired) electrons. The van der Waals surface area contributed by atoms with Crippen molar-refractivity contribution in [2.75, 3.05) is 13.1 Å². The molecule has 10 nitrogen and oxygen atoms in total. The molecule has 1 aliphatic carbocycles. The molecule has 3 fully saturated rings. The number of nitrogens with one attached hydrogen (secondary N) is 3. The van der Waals surface area contributed by atoms with Crippen LogP contribution in [0.3, 0.4) is 0 Å². The minimum atomic E-state index is -0.854. The molecule has 2 aliphatic heterocycles. The quantitative estimate of drug-likeness (QED) is 0.634. The Morgan fingerprint density at radius 3 is 2.77 bits per heavy atom. The van der Waals surface area contributed by atoms with Gasteiger partial charge in [0, 0.05) is 32.1 Å². The highest BCUT2D eigenvalue weighted by Crippen LogP contribution is 2.37. The Bertz CT molecular complexity index is 865. The average molecular weight is 416 g/mol. The van der Waals surface area contributed by atoms with E-state index in [1.54, 1.807) is 11.7 Å². The molecule has 0 aromatic carbocycles. The fourth-order valence-electron chi connectivity index (χ4n) is 4.93. The van der Waals surface area contributed by atoms with Gasteiger partial charge in [0.25, 0.3) is 5.91 Å². The van der Waals surface area contributed by atoms with E-state index in [0.717, 1.165) is 31.4 Å². The van der Waals surface area contributed by atoms with Crippen LogP contribution in [0, 0.1) is 11.8 Å². The maximum atomic E-state index is 13.1. The van der Waals surface area contributed by atoms with Gasteiger partial charge in [0.2, 0.25) is 11.8 Å². The monoisotopic (exact) mass is 416 g/mol. The summed E-state index contributed by atoms with van der Waals surface area (Å²) in [6, 6.07) is 0.273. The highest BCUT2D eigenvalue weighted by atomic mass is 16.2. The fourth-order valence-corrected chi connectivity index (χ4v) is 4.93. The molecule has 2 saturated heterocycles. The lowest BCUT2D eigenvalue weighted by atomic mass is 9.78. The summed E-state index contributed by atoms with van der Waals surface area (Å²) < 4.78 is 1.64. The van der Waals surface area contributed by atoms with Crippen molar-refractivity contribution in [3.05, 3.63) is 17.5 Å². The van der Waals surface area contributed by atoms with Gasteiger partial charge in [0.05, 0.1) is 12.1 Å². The number of nitrogens with zero attached hydrogens (tertiary/aromatic N) is 3. The summed E-state index contributed by atoms with van der Waals surface area (Å²) in [6.07, 6.45) is 3.53. The van der Waals surface area contributed by atoms with Crippen molar-refractivity contribution in [3.8, 4) is 0 Å². The summed E-state index contributed by atoms with van der Waals surface area (Å²) in [4.78, 5) is 50.7. The van der Waals surface area contributed by atoms with Crippen molar-refractivity contribution in [1.29, 1.82) is 0 Å². The lowest BCUT2D eigenvalue weighted by molar-refractivity contribution is -0.129. The molecule has 3 unspecified atom stereocenters. The zero-order valence-corrected chi connectivity index (χ0v) is 17.3. The van der Waals surface area contributed by atoms with Crippen LogP contribution in [0.25, 0.3) is 0 Å². The fraction of sp³-hybridized carbons (Fsp3) is 0.650. The highest BCUT2D eigenvalue weighted by molar-refractivity contribution is 6.02. The zero-order chi connectivity index (χ0) is 21.4. The lowest BCUT2D eigenvalue weighted by Gasteiger charge is -2.34. The third-order valence-corrected chi connectivity index (χ3v) is 6.49. The summed E-state index contributed by atoms with van der Waals surface area (Å²) in [5, 5.41) is 12.0. The molecule has 3 heterocycles. The van der Waals surface area contributed by atoms with Crippen LogP contribution < -0.4 is 16.0 Å². The number of urea groups is 1. The Hall–Kier alpha value is -2.91. The van der Waals surface area contributed by atoms with E-state index in [4.69, 9.17) is 0 Å². The van der Waals surface area contributed by atoms with E-state index in [1.165, 1.54) is 0 Å². The Labute approximate surface area is 174 Å². The summed E-state index contributed by atoms with van der Waals surface area (Å²) in [5.74, 6) is -0.330. The first-order chi connectivity index (χ1) is 14.4. The summed E-state index contributed by atoms with van der Waals surface area (Å²) >= 11 is 0. The van der Waals surface area contributed by atoms with Crippen molar-refractivity contribution in [1.82, 2.24) is 30.6 Å². The van der Waals surface area contributed by atoms with Crippen LogP contribution in [-0.4, -0.2) is 63.6 Å². The molecular weight excluding hydrogens is 388 g/mol. The Balaban J connectivity index is 1.42. The number of carbonyl (C=O) groups is 4. The number of hydrogen-bond donors (Lipinski definition) is 3. The number of fused-ring (bicyclic) bond motifs is 1. The van der Waals surface area contributed by atoms with Gasteiger partial charge in [-0.3, -0.25) is 24.4 Å². The van der Waals surface area contributed by atoms with Crippen LogP contribution in [0.1, 0.15) is 48.8 Å². The molecule has 1 aromatic rings. The Morgan fingerprint density at radius 1 is 1.27 bits per heavy atom. The van der Waals surface area contributed by atoms with Gasteiger partial charge in [-0.2, -0.15) is 5.10 Å². The third kappa shape index (κ3) is 3.90. The van der Waals surface area contributed by atoms with Gasteiger partial charge >= 0.3 is 6.03 Å². The van der Waals surface area contributed by atoms with Crippen LogP contribution in [0.15, 0.2) is 6.07 Å². The molecule has 10 heteroatoms. The number of hydrogen-bond acceptors (Lipinski definition) is 5. The summed E-state index contributed by atoms with van der Waals surface area (Å²) in [6.45, 7) is 3.26. The number of amides is 5. The van der Waals surface area contributed by atoms with E-state index in [9.17, 15) is 19.2 Å². The molecular formula is C20H28N6O4. The molecule has 162 valence electrons. The predicted octanol–water partition coefficient (Wildman–Crippen LogP) is -0.0625. The van der Waals surface area contributed by atoms with Gasteiger partial charge < -0.3 is 15.5 Å². The second kappa shape index (κ2) is 8.08. The van der Waals surface area contributed by atoms with Crippen LogP contribution in [0.2, 0.25) is 0 Å². The van der Waals surface area contributed by atoms with Gasteiger partial charge in [-0.15, -0.1) is 0 Å². The number of aromatic nitrogens is 2. The highest BCUT2D eigenvalue weighted by Gasteiger charge is 2.43. The molecule has 30 heavy (non-hydrogen) atoms. The largest absolute Gasteiger partial charge is 0.351 e. The topological polar surface area (TPSA) is 125 Å². The molecule has 3 N–H and O–H groups in total. The van der Waals surface area contributed by atoms with Crippen molar-refractivity contribution in [2.45, 2.75) is 51.1 Å². The first kappa shape index (κ1) is 20.4. The number of likely N-dealkylation sites (tertiary alicyclic amines) is 1. The molecule has 0 bridgehead atoms. The molecule has 5 amide bonds. The second-order valence-corrected chi connectivity index (χ2v) is 8.46. The SMILES string of the molecule is CCc1cc(C(=O)N2CC3CCCC(NC(=O)[C@@H]4CC(=O)NC(=O)N4)C3C2)n(C)n1. The molecule has 1 saturated carbocycles. The third-order valence-electron chi connectivity index (χ3n) is 6.49. The normalized spacial score (nSPS) is 28.5. The predicted molar refractivity (Wildman–Crippen MR) is 106 cm³/mol. The summed E-state index contributed by atoms with van der Waals surface area (Å²) in [7, 11) is 1.78. The van der Waals surface area contributed by atoms with Crippen molar-refractivity contribution in [3.63, 3.8) is 0 Å². The molecule has 3 aliphatic rings. The van der Waals surface area contributed by atoms with Crippen molar-refractivity contribution < 1.29 is 19.2 Å². The molecule has 1 aromatic heterocycles. The van der Waals surface area contributed by atoms with Crippen LogP contribution in [0.5, 0.6) is 0 Å². The first-order valence-corrected chi connectivity index (χ1v) is 10.6. The Kier molecular flexibility index (Phi) is 5.48. The van der Waals surface area contributed by atoms with E-state index in [-0.39, 0.29) is 30.2 Å². The standard InChI is InChI=1S/C20H28N6O4/c1-3-12-7-16(25(2)24-12)19(29)26-9-11-5-4-6-14(13(11)10-26)21-18(28)15-8-17(27)23-20(30)22-15/h7,11,13-15H,3-6,8-10H2,1-2H3,(H,21,28)(H2,22,23,27,30)/t11?,13?,14?,15-/m0/s1. The van der Waals surface area contributed by atoms with Crippen LogP contribution in [0.4, 0.5) is 4.79 Å². The van der Waals surface area contributed by atoms with Crippen molar-refractivity contribution in [2.24, 2.45) is 18.9 Å². The molecule has 4 atom stereocenters. The van der Waals surface area contributed by atoms with E-state index < -0.39 is 18.0 Å². The van der Waals surface area contributed by atoms with Gasteiger partial charge in [-0.25, -0.2) is 4.79 Å². The van der Waals surface area contributed by atoms with E-state index in [1.807, 2.05) is 17.9 Å². The second-order valence-electron chi connectivity index (χ2n) is 8.46. The first-order valence-electron chi connectivity index (χ1n) is 10.6. The minimum absolute atomic E-state index is 0.0274. The van der Waals surface area contributed by atoms with Gasteiger partial charge in [0.1, 0.15) is 11.7 Å². The maximum absolute atomic E-state index is 13.1. The molecule has 4 rings (SSSR count). The van der Waals surface area contributed by atoms with Crippen LogP contribution >= 0.6 is 0 Å². The number of imide groups is 1. The van der Waals surface area contributed by atoms with Crippen molar-refractivity contribution >= 4 is 23.8 Å². The van der Waals surface area contributed by atoms with E-state index >= 15 is 0 Å². The zero-order valence-electron chi connectivity index (χ0n) is 17.3.